The van der Waals surface area contributed by atoms with Crippen LogP contribution in [0.1, 0.15) is 27.7 Å². The van der Waals surface area contributed by atoms with E-state index in [0.717, 1.165) is 5.92 Å². The van der Waals surface area contributed by atoms with Crippen molar-refractivity contribution < 1.29 is 0 Å². The fourth-order valence-corrected chi connectivity index (χ4v) is 2.46. The molecular formula is C9H20S2. The zero-order chi connectivity index (χ0) is 8.91. The van der Waals surface area contributed by atoms with Crippen LogP contribution in [0.25, 0.3) is 0 Å². The van der Waals surface area contributed by atoms with Crippen LogP contribution in [0, 0.1) is 5.92 Å². The number of rotatable bonds is 4. The van der Waals surface area contributed by atoms with Gasteiger partial charge in [0.15, 0.2) is 0 Å². The molecule has 68 valence electrons. The van der Waals surface area contributed by atoms with Crippen LogP contribution in [-0.4, -0.2) is 22.5 Å². The fourth-order valence-electron chi connectivity index (χ4n) is 0.725. The van der Waals surface area contributed by atoms with E-state index in [1.165, 1.54) is 11.5 Å². The Bertz CT molecular complexity index is 94.2. The molecule has 0 aromatic heterocycles. The lowest BCUT2D eigenvalue weighted by atomic mass is 10.2. The summed E-state index contributed by atoms with van der Waals surface area (Å²) in [7, 11) is 0. The Labute approximate surface area is 79.9 Å². The summed E-state index contributed by atoms with van der Waals surface area (Å²) in [5.41, 5.74) is 0. The van der Waals surface area contributed by atoms with Gasteiger partial charge in [0.05, 0.1) is 0 Å². The highest BCUT2D eigenvalue weighted by Gasteiger charge is 2.12. The Morgan fingerprint density at radius 2 is 1.73 bits per heavy atom. The van der Waals surface area contributed by atoms with Gasteiger partial charge in [0.1, 0.15) is 0 Å². The summed E-state index contributed by atoms with van der Waals surface area (Å²) in [6.45, 7) is 9.17. The lowest BCUT2D eigenvalue weighted by Crippen LogP contribution is -2.12. The van der Waals surface area contributed by atoms with Crippen LogP contribution in [-0.2, 0) is 0 Å². The van der Waals surface area contributed by atoms with Crippen LogP contribution < -0.4 is 0 Å². The summed E-state index contributed by atoms with van der Waals surface area (Å²) in [6, 6.07) is 0. The van der Waals surface area contributed by atoms with Gasteiger partial charge in [0.2, 0.25) is 0 Å². The Morgan fingerprint density at radius 3 is 2.09 bits per heavy atom. The molecule has 0 aliphatic rings. The molecule has 0 spiro atoms. The molecule has 0 aliphatic carbocycles. The second-order valence-electron chi connectivity index (χ2n) is 3.98. The average molecular weight is 192 g/mol. The van der Waals surface area contributed by atoms with Crippen LogP contribution in [0.5, 0.6) is 0 Å². The first-order valence-electron chi connectivity index (χ1n) is 4.08. The molecule has 0 fully saturated rings. The molecule has 0 amide bonds. The molecule has 0 rings (SSSR count). The highest BCUT2D eigenvalue weighted by atomic mass is 32.2. The molecule has 0 saturated heterocycles. The Morgan fingerprint density at radius 1 is 1.18 bits per heavy atom. The van der Waals surface area contributed by atoms with Gasteiger partial charge in [-0.05, 0) is 23.7 Å². The van der Waals surface area contributed by atoms with E-state index in [9.17, 15) is 0 Å². The number of thioether (sulfide) groups is 2. The molecule has 0 radical (unpaired) electrons. The van der Waals surface area contributed by atoms with Crippen molar-refractivity contribution in [1.82, 2.24) is 0 Å². The van der Waals surface area contributed by atoms with Crippen molar-refractivity contribution in [2.24, 2.45) is 5.92 Å². The molecule has 0 heterocycles. The first kappa shape index (κ1) is 11.7. The summed E-state index contributed by atoms with van der Waals surface area (Å²) >= 11 is 4.02. The average Bonchev–Trinajstić information content (AvgIpc) is 1.83. The molecule has 0 saturated carbocycles. The highest BCUT2D eigenvalue weighted by Crippen LogP contribution is 2.25. The van der Waals surface area contributed by atoms with Crippen molar-refractivity contribution >= 4 is 23.5 Å². The topological polar surface area (TPSA) is 0 Å². The van der Waals surface area contributed by atoms with Gasteiger partial charge in [-0.15, -0.1) is 0 Å². The van der Waals surface area contributed by atoms with E-state index in [1.807, 2.05) is 11.8 Å². The van der Waals surface area contributed by atoms with Crippen LogP contribution >= 0.6 is 23.5 Å². The predicted octanol–water partition coefficient (Wildman–Crippen LogP) is 3.52. The number of hydrogen-bond acceptors (Lipinski definition) is 2. The summed E-state index contributed by atoms with van der Waals surface area (Å²) in [4.78, 5) is 0. The molecular weight excluding hydrogens is 172 g/mol. The molecule has 1 unspecified atom stereocenters. The fraction of sp³-hybridized carbons (Fsp3) is 1.00. The monoisotopic (exact) mass is 192 g/mol. The molecule has 0 bridgehead atoms. The minimum atomic E-state index is 0.437. The smallest absolute Gasteiger partial charge is 0.00752 e. The Balaban J connectivity index is 3.38. The maximum Gasteiger partial charge on any atom is 0.00752 e. The van der Waals surface area contributed by atoms with Crippen LogP contribution in [0.4, 0.5) is 0 Å². The Hall–Kier alpha value is 0.700. The SMILES string of the molecule is CSCC(C)CSC(C)(C)C. The molecule has 0 N–H and O–H groups in total. The third-order valence-electron chi connectivity index (χ3n) is 1.25. The first-order chi connectivity index (χ1) is 4.95. The maximum absolute atomic E-state index is 2.33. The van der Waals surface area contributed by atoms with Crippen LogP contribution in [0.15, 0.2) is 0 Å². The van der Waals surface area contributed by atoms with Gasteiger partial charge < -0.3 is 0 Å². The van der Waals surface area contributed by atoms with Crippen molar-refractivity contribution in [3.8, 4) is 0 Å². The third-order valence-corrected chi connectivity index (χ3v) is 3.76. The van der Waals surface area contributed by atoms with E-state index in [1.54, 1.807) is 0 Å². The summed E-state index contributed by atoms with van der Waals surface area (Å²) in [6.07, 6.45) is 2.18. The molecule has 2 heteroatoms. The maximum atomic E-state index is 2.33. The van der Waals surface area contributed by atoms with Gasteiger partial charge in [-0.1, -0.05) is 27.7 Å². The van der Waals surface area contributed by atoms with Gasteiger partial charge in [0.25, 0.3) is 0 Å². The molecule has 1 atom stereocenters. The van der Waals surface area contributed by atoms with Crippen molar-refractivity contribution in [3.63, 3.8) is 0 Å². The molecule has 0 nitrogen and oxygen atoms in total. The lowest BCUT2D eigenvalue weighted by molar-refractivity contribution is 0.743. The van der Waals surface area contributed by atoms with Gasteiger partial charge in [0, 0.05) is 4.75 Å². The lowest BCUT2D eigenvalue weighted by Gasteiger charge is -2.20. The van der Waals surface area contributed by atoms with E-state index in [-0.39, 0.29) is 0 Å². The van der Waals surface area contributed by atoms with Crippen molar-refractivity contribution in [1.29, 1.82) is 0 Å². The van der Waals surface area contributed by atoms with Crippen molar-refractivity contribution in [2.75, 3.05) is 17.8 Å². The van der Waals surface area contributed by atoms with Crippen molar-refractivity contribution in [3.05, 3.63) is 0 Å². The molecule has 0 aromatic carbocycles. The van der Waals surface area contributed by atoms with Gasteiger partial charge in [-0.3, -0.25) is 0 Å². The van der Waals surface area contributed by atoms with Gasteiger partial charge >= 0.3 is 0 Å². The van der Waals surface area contributed by atoms with Crippen LogP contribution in [0.2, 0.25) is 0 Å². The standard InChI is InChI=1S/C9H20S2/c1-8(6-10-5)7-11-9(2,3)4/h8H,6-7H2,1-5H3. The van der Waals surface area contributed by atoms with E-state index in [4.69, 9.17) is 0 Å². The predicted molar refractivity (Wildman–Crippen MR) is 59.8 cm³/mol. The highest BCUT2D eigenvalue weighted by molar-refractivity contribution is 8.00. The second-order valence-corrected chi connectivity index (χ2v) is 6.74. The second kappa shape index (κ2) is 5.36. The quantitative estimate of drug-likeness (QED) is 0.668. The molecule has 11 heavy (non-hydrogen) atoms. The summed E-state index contributed by atoms with van der Waals surface area (Å²) < 4.78 is 0.437. The largest absolute Gasteiger partial charge is 0.165 e. The number of hydrogen-bond donors (Lipinski definition) is 0. The van der Waals surface area contributed by atoms with E-state index < -0.39 is 0 Å². The minimum Gasteiger partial charge on any atom is -0.165 e. The van der Waals surface area contributed by atoms with E-state index in [0.29, 0.717) is 4.75 Å². The summed E-state index contributed by atoms with van der Waals surface area (Å²) in [5.74, 6) is 3.45. The van der Waals surface area contributed by atoms with Crippen LogP contribution in [0.3, 0.4) is 0 Å². The minimum absolute atomic E-state index is 0.437. The van der Waals surface area contributed by atoms with E-state index in [2.05, 4.69) is 45.7 Å². The molecule has 0 aliphatic heterocycles. The van der Waals surface area contributed by atoms with Gasteiger partial charge in [-0.2, -0.15) is 23.5 Å². The first-order valence-corrected chi connectivity index (χ1v) is 6.46. The Kier molecular flexibility index (Phi) is 5.71. The zero-order valence-corrected chi connectivity index (χ0v) is 9.94. The third kappa shape index (κ3) is 8.61. The van der Waals surface area contributed by atoms with Gasteiger partial charge in [-0.25, -0.2) is 0 Å². The molecule has 0 aromatic rings. The van der Waals surface area contributed by atoms with Crippen molar-refractivity contribution in [2.45, 2.75) is 32.4 Å². The zero-order valence-electron chi connectivity index (χ0n) is 8.31. The van der Waals surface area contributed by atoms with E-state index >= 15 is 0 Å². The summed E-state index contributed by atoms with van der Waals surface area (Å²) in [5, 5.41) is 0. The normalized spacial score (nSPS) is 15.0.